The van der Waals surface area contributed by atoms with E-state index < -0.39 is 6.04 Å². The van der Waals surface area contributed by atoms with E-state index >= 15 is 0 Å². The summed E-state index contributed by atoms with van der Waals surface area (Å²) in [5.41, 5.74) is 3.42. The van der Waals surface area contributed by atoms with Crippen LogP contribution in [0.3, 0.4) is 0 Å². The smallest absolute Gasteiger partial charge is 0.255 e. The first-order chi connectivity index (χ1) is 16.0. The van der Waals surface area contributed by atoms with Gasteiger partial charge in [0.15, 0.2) is 11.5 Å². The minimum Gasteiger partial charge on any atom is -0.493 e. The van der Waals surface area contributed by atoms with Gasteiger partial charge >= 0.3 is 0 Å². The van der Waals surface area contributed by atoms with E-state index in [1.165, 1.54) is 0 Å². The third kappa shape index (κ3) is 4.82. The average Bonchev–Trinajstić information content (AvgIpc) is 3.16. The maximum absolute atomic E-state index is 13.2. The summed E-state index contributed by atoms with van der Waals surface area (Å²) in [6.07, 6.45) is 1.78. The fourth-order valence-corrected chi connectivity index (χ4v) is 4.01. The lowest BCUT2D eigenvalue weighted by atomic mass is 10.0. The molecule has 0 bridgehead atoms. The Bertz CT molecular complexity index is 1160. The number of methoxy groups -OCH3 is 1. The van der Waals surface area contributed by atoms with E-state index in [0.29, 0.717) is 36.0 Å². The summed E-state index contributed by atoms with van der Waals surface area (Å²) in [5, 5.41) is 2.85. The summed E-state index contributed by atoms with van der Waals surface area (Å²) in [6.45, 7) is 4.78. The summed E-state index contributed by atoms with van der Waals surface area (Å²) in [6, 6.07) is 16.2. The molecule has 1 unspecified atom stereocenters. The van der Waals surface area contributed by atoms with Crippen LogP contribution in [-0.4, -0.2) is 35.4 Å². The molecule has 0 saturated carbocycles. The molecule has 1 aliphatic heterocycles. The number of rotatable bonds is 8. The highest BCUT2D eigenvalue weighted by atomic mass is 16.5. The van der Waals surface area contributed by atoms with Crippen molar-refractivity contribution in [2.24, 2.45) is 0 Å². The highest BCUT2D eigenvalue weighted by Crippen LogP contribution is 2.37. The molecule has 170 valence electrons. The predicted octanol–water partition coefficient (Wildman–Crippen LogP) is 4.52. The Labute approximate surface area is 193 Å². The first kappa shape index (κ1) is 22.3. The van der Waals surface area contributed by atoms with Crippen LogP contribution in [0.2, 0.25) is 0 Å². The molecule has 2 aromatic carbocycles. The number of nitrogens with zero attached hydrogens (tertiary/aromatic N) is 2. The fraction of sp³-hybridized carbons (Fsp3) is 0.269. The number of nitrogens with one attached hydrogen (secondary N) is 1. The first-order valence-electron chi connectivity index (χ1n) is 10.9. The van der Waals surface area contributed by atoms with E-state index in [9.17, 15) is 9.59 Å². The van der Waals surface area contributed by atoms with E-state index in [0.717, 1.165) is 16.7 Å². The molecule has 1 aliphatic rings. The number of fused-ring (bicyclic) bond motifs is 1. The van der Waals surface area contributed by atoms with E-state index in [-0.39, 0.29) is 18.2 Å². The molecule has 1 atom stereocenters. The van der Waals surface area contributed by atoms with Gasteiger partial charge in [-0.15, -0.1) is 0 Å². The van der Waals surface area contributed by atoms with Crippen LogP contribution in [0.15, 0.2) is 60.8 Å². The molecule has 1 N–H and O–H groups in total. The van der Waals surface area contributed by atoms with Gasteiger partial charge in [0.05, 0.1) is 26.2 Å². The Morgan fingerprint density at radius 1 is 1.15 bits per heavy atom. The minimum absolute atomic E-state index is 0.0758. The van der Waals surface area contributed by atoms with Gasteiger partial charge in [-0.1, -0.05) is 30.3 Å². The molecule has 2 heterocycles. The molecule has 1 aromatic heterocycles. The Balaban J connectivity index is 1.65. The minimum atomic E-state index is -0.486. The van der Waals surface area contributed by atoms with Gasteiger partial charge in [0.25, 0.3) is 5.91 Å². The number of hydrogen-bond donors (Lipinski definition) is 1. The zero-order chi connectivity index (χ0) is 23.4. The van der Waals surface area contributed by atoms with Crippen LogP contribution in [0.25, 0.3) is 0 Å². The van der Waals surface area contributed by atoms with Crippen LogP contribution in [0.5, 0.6) is 11.5 Å². The zero-order valence-corrected chi connectivity index (χ0v) is 19.0. The maximum atomic E-state index is 13.2. The molecule has 2 amide bonds. The monoisotopic (exact) mass is 445 g/mol. The second-order valence-corrected chi connectivity index (χ2v) is 7.92. The van der Waals surface area contributed by atoms with Crippen molar-refractivity contribution < 1.29 is 19.1 Å². The van der Waals surface area contributed by atoms with Gasteiger partial charge in [0.1, 0.15) is 5.82 Å². The van der Waals surface area contributed by atoms with Gasteiger partial charge in [-0.05, 0) is 54.8 Å². The lowest BCUT2D eigenvalue weighted by Crippen LogP contribution is -2.32. The molecule has 7 nitrogen and oxygen atoms in total. The molecular formula is C26H27N3O4. The van der Waals surface area contributed by atoms with Gasteiger partial charge in [-0.2, -0.15) is 0 Å². The SMILES string of the molecule is CCOc1ccc(C(CC(=O)Nc2ccc(C)cn2)N2Cc3ccccc3C2=O)cc1OC. The molecule has 0 spiro atoms. The zero-order valence-electron chi connectivity index (χ0n) is 19.0. The number of hydrogen-bond acceptors (Lipinski definition) is 5. The highest BCUT2D eigenvalue weighted by molar-refractivity contribution is 5.99. The molecule has 0 radical (unpaired) electrons. The summed E-state index contributed by atoms with van der Waals surface area (Å²) < 4.78 is 11.1. The lowest BCUT2D eigenvalue weighted by Gasteiger charge is -2.28. The number of aryl methyl sites for hydroxylation is 1. The van der Waals surface area contributed by atoms with Crippen LogP contribution in [-0.2, 0) is 11.3 Å². The molecule has 33 heavy (non-hydrogen) atoms. The molecule has 7 heteroatoms. The lowest BCUT2D eigenvalue weighted by molar-refractivity contribution is -0.117. The number of ether oxygens (including phenoxy) is 2. The Kier molecular flexibility index (Phi) is 6.58. The van der Waals surface area contributed by atoms with Gasteiger partial charge < -0.3 is 19.7 Å². The number of pyridine rings is 1. The van der Waals surface area contributed by atoms with E-state index in [4.69, 9.17) is 9.47 Å². The van der Waals surface area contributed by atoms with Crippen molar-refractivity contribution in [2.45, 2.75) is 32.9 Å². The first-order valence-corrected chi connectivity index (χ1v) is 10.9. The highest BCUT2D eigenvalue weighted by Gasteiger charge is 2.35. The second kappa shape index (κ2) is 9.73. The van der Waals surface area contributed by atoms with Crippen LogP contribution in [0, 0.1) is 6.92 Å². The standard InChI is InChI=1S/C26H27N3O4/c1-4-33-22-11-10-18(13-23(22)32-3)21(14-25(30)28-24-12-9-17(2)15-27-24)29-16-19-7-5-6-8-20(19)26(29)31/h5-13,15,21H,4,14,16H2,1-3H3,(H,27,28,30). The van der Waals surface area contributed by atoms with Gasteiger partial charge in [-0.3, -0.25) is 9.59 Å². The molecular weight excluding hydrogens is 418 g/mol. The molecule has 0 aliphatic carbocycles. The maximum Gasteiger partial charge on any atom is 0.255 e. The average molecular weight is 446 g/mol. The molecule has 3 aromatic rings. The van der Waals surface area contributed by atoms with Crippen LogP contribution in [0.1, 0.15) is 46.4 Å². The van der Waals surface area contributed by atoms with Crippen molar-refractivity contribution in [1.82, 2.24) is 9.88 Å². The van der Waals surface area contributed by atoms with Crippen LogP contribution >= 0.6 is 0 Å². The summed E-state index contributed by atoms with van der Waals surface area (Å²) in [7, 11) is 1.57. The van der Waals surface area contributed by atoms with Crippen molar-refractivity contribution in [1.29, 1.82) is 0 Å². The largest absolute Gasteiger partial charge is 0.493 e. The summed E-state index contributed by atoms with van der Waals surface area (Å²) >= 11 is 0. The van der Waals surface area contributed by atoms with Gasteiger partial charge in [0.2, 0.25) is 5.91 Å². The Hall–Kier alpha value is -3.87. The van der Waals surface area contributed by atoms with E-state index in [2.05, 4.69) is 10.3 Å². The predicted molar refractivity (Wildman–Crippen MR) is 125 cm³/mol. The summed E-state index contributed by atoms with van der Waals surface area (Å²) in [5.74, 6) is 1.33. The van der Waals surface area contributed by atoms with Crippen molar-refractivity contribution >= 4 is 17.6 Å². The van der Waals surface area contributed by atoms with E-state index in [1.807, 2.05) is 62.4 Å². The van der Waals surface area contributed by atoms with E-state index in [1.54, 1.807) is 24.3 Å². The number of carbonyl (C=O) groups excluding carboxylic acids is 2. The van der Waals surface area contributed by atoms with Crippen molar-refractivity contribution in [3.8, 4) is 11.5 Å². The second-order valence-electron chi connectivity index (χ2n) is 7.92. The van der Waals surface area contributed by atoms with Crippen molar-refractivity contribution in [3.05, 3.63) is 83.0 Å². The van der Waals surface area contributed by atoms with Gasteiger partial charge in [0, 0.05) is 18.3 Å². The third-order valence-corrected chi connectivity index (χ3v) is 5.66. The number of carbonyl (C=O) groups is 2. The number of aromatic nitrogens is 1. The van der Waals surface area contributed by atoms with Crippen molar-refractivity contribution in [3.63, 3.8) is 0 Å². The molecule has 0 fully saturated rings. The number of anilines is 1. The Morgan fingerprint density at radius 3 is 2.67 bits per heavy atom. The van der Waals surface area contributed by atoms with Crippen LogP contribution < -0.4 is 14.8 Å². The Morgan fingerprint density at radius 2 is 1.97 bits per heavy atom. The quantitative estimate of drug-likeness (QED) is 0.551. The normalized spacial score (nSPS) is 13.4. The van der Waals surface area contributed by atoms with Crippen LogP contribution in [0.4, 0.5) is 5.82 Å². The number of benzene rings is 2. The fourth-order valence-electron chi connectivity index (χ4n) is 4.01. The third-order valence-electron chi connectivity index (χ3n) is 5.66. The van der Waals surface area contributed by atoms with Gasteiger partial charge in [-0.25, -0.2) is 4.98 Å². The number of amides is 2. The molecule has 4 rings (SSSR count). The summed E-state index contributed by atoms with van der Waals surface area (Å²) in [4.78, 5) is 32.2. The van der Waals surface area contributed by atoms with Crippen molar-refractivity contribution in [2.75, 3.05) is 19.0 Å². The molecule has 0 saturated heterocycles. The topological polar surface area (TPSA) is 80.8 Å².